The molecular weight excluding hydrogens is 220 g/mol. The minimum absolute atomic E-state index is 0.342. The van der Waals surface area contributed by atoms with E-state index in [0.29, 0.717) is 19.6 Å². The maximum absolute atomic E-state index is 10.8. The molecule has 0 radical (unpaired) electrons. The molecule has 2 fully saturated rings. The maximum atomic E-state index is 10.8. The minimum atomic E-state index is -0.912. The van der Waals surface area contributed by atoms with Crippen molar-refractivity contribution in [2.45, 2.75) is 50.5 Å². The largest absolute Gasteiger partial charge is 0.479 e. The van der Waals surface area contributed by atoms with Crippen LogP contribution in [-0.2, 0) is 14.3 Å². The van der Waals surface area contributed by atoms with Gasteiger partial charge in [0.1, 0.15) is 0 Å². The highest BCUT2D eigenvalue weighted by molar-refractivity contribution is 5.80. The molecule has 1 heterocycles. The topological polar surface area (TPSA) is 59.1 Å². The van der Waals surface area contributed by atoms with E-state index in [1.807, 2.05) is 0 Å². The van der Waals surface area contributed by atoms with Gasteiger partial charge < -0.3 is 14.6 Å². The third kappa shape index (κ3) is 3.68. The summed E-state index contributed by atoms with van der Waals surface area (Å²) >= 11 is 0. The van der Waals surface area contributed by atoms with Gasteiger partial charge in [-0.25, -0.2) is 4.79 Å². The van der Waals surface area contributed by atoms with Crippen molar-refractivity contribution in [1.82, 2.24) is 0 Å². The first-order valence-corrected chi connectivity index (χ1v) is 6.68. The number of aliphatic carboxylic acids is 1. The van der Waals surface area contributed by atoms with E-state index in [1.54, 1.807) is 0 Å². The van der Waals surface area contributed by atoms with Crippen molar-refractivity contribution in [3.8, 4) is 0 Å². The maximum Gasteiger partial charge on any atom is 0.338 e. The Balaban J connectivity index is 1.50. The Morgan fingerprint density at radius 1 is 1.29 bits per heavy atom. The van der Waals surface area contributed by atoms with Crippen molar-refractivity contribution in [2.24, 2.45) is 5.92 Å². The fourth-order valence-corrected chi connectivity index (χ4v) is 2.53. The average Bonchev–Trinajstić information content (AvgIpc) is 3.11. The lowest BCUT2D eigenvalue weighted by atomic mass is 9.87. The highest BCUT2D eigenvalue weighted by Gasteiger charge is 2.52. The number of carboxylic acids is 1. The van der Waals surface area contributed by atoms with E-state index in [0.717, 1.165) is 18.9 Å². The lowest BCUT2D eigenvalue weighted by Crippen LogP contribution is -2.26. The average molecular weight is 242 g/mol. The van der Waals surface area contributed by atoms with Crippen LogP contribution in [0.5, 0.6) is 0 Å². The van der Waals surface area contributed by atoms with Crippen molar-refractivity contribution < 1.29 is 19.4 Å². The summed E-state index contributed by atoms with van der Waals surface area (Å²) in [5, 5.41) is 8.88. The predicted molar refractivity (Wildman–Crippen MR) is 62.9 cm³/mol. The van der Waals surface area contributed by atoms with E-state index in [-0.39, 0.29) is 0 Å². The standard InChI is InChI=1S/C13H22O4/c14-12(15)13(10-17-13)7-9-16-8-6-11-4-2-1-3-5-11/h11H,1-10H2,(H,14,15). The van der Waals surface area contributed by atoms with Crippen LogP contribution in [0, 0.1) is 5.92 Å². The number of epoxide rings is 1. The Labute approximate surface area is 102 Å². The van der Waals surface area contributed by atoms with Crippen molar-refractivity contribution in [3.63, 3.8) is 0 Å². The summed E-state index contributed by atoms with van der Waals surface area (Å²) in [6.07, 6.45) is 8.39. The second-order valence-electron chi connectivity index (χ2n) is 5.24. The highest BCUT2D eigenvalue weighted by atomic mass is 16.6. The van der Waals surface area contributed by atoms with E-state index in [9.17, 15) is 4.79 Å². The quantitative estimate of drug-likeness (QED) is 0.549. The molecule has 1 unspecified atom stereocenters. The summed E-state index contributed by atoms with van der Waals surface area (Å²) in [5.74, 6) is -0.0252. The molecule has 4 nitrogen and oxygen atoms in total. The molecule has 1 saturated heterocycles. The molecule has 0 amide bonds. The van der Waals surface area contributed by atoms with E-state index in [2.05, 4.69) is 0 Å². The van der Waals surface area contributed by atoms with Crippen molar-refractivity contribution in [3.05, 3.63) is 0 Å². The molecule has 2 aliphatic rings. The zero-order valence-corrected chi connectivity index (χ0v) is 10.3. The molecule has 2 rings (SSSR count). The Bertz CT molecular complexity index is 254. The van der Waals surface area contributed by atoms with Gasteiger partial charge in [0.2, 0.25) is 0 Å². The second kappa shape index (κ2) is 5.83. The van der Waals surface area contributed by atoms with Crippen LogP contribution in [0.1, 0.15) is 44.9 Å². The summed E-state index contributed by atoms with van der Waals surface area (Å²) in [4.78, 5) is 10.8. The van der Waals surface area contributed by atoms with Gasteiger partial charge in [0, 0.05) is 19.6 Å². The van der Waals surface area contributed by atoms with Crippen LogP contribution >= 0.6 is 0 Å². The van der Waals surface area contributed by atoms with Crippen LogP contribution < -0.4 is 0 Å². The molecule has 0 aromatic rings. The number of carboxylic acid groups (broad SMARTS) is 1. The highest BCUT2D eigenvalue weighted by Crippen LogP contribution is 2.31. The van der Waals surface area contributed by atoms with Gasteiger partial charge in [0.05, 0.1) is 6.61 Å². The number of hydrogen-bond donors (Lipinski definition) is 1. The fraction of sp³-hybridized carbons (Fsp3) is 0.923. The zero-order chi connectivity index (χ0) is 12.1. The lowest BCUT2D eigenvalue weighted by molar-refractivity contribution is -0.144. The lowest BCUT2D eigenvalue weighted by Gasteiger charge is -2.21. The molecule has 0 aromatic carbocycles. The van der Waals surface area contributed by atoms with Gasteiger partial charge in [-0.2, -0.15) is 0 Å². The Kier molecular flexibility index (Phi) is 4.40. The van der Waals surface area contributed by atoms with Crippen LogP contribution in [0.4, 0.5) is 0 Å². The van der Waals surface area contributed by atoms with E-state index in [1.165, 1.54) is 32.1 Å². The first kappa shape index (κ1) is 12.8. The van der Waals surface area contributed by atoms with Crippen molar-refractivity contribution >= 4 is 5.97 Å². The van der Waals surface area contributed by atoms with Crippen molar-refractivity contribution in [1.29, 1.82) is 0 Å². The monoisotopic (exact) mass is 242 g/mol. The van der Waals surface area contributed by atoms with Crippen molar-refractivity contribution in [2.75, 3.05) is 19.8 Å². The zero-order valence-electron chi connectivity index (χ0n) is 10.3. The molecule has 17 heavy (non-hydrogen) atoms. The van der Waals surface area contributed by atoms with Gasteiger partial charge in [-0.05, 0) is 12.3 Å². The molecular formula is C13H22O4. The molecule has 1 saturated carbocycles. The van der Waals surface area contributed by atoms with Gasteiger partial charge in [-0.15, -0.1) is 0 Å². The molecule has 0 aromatic heterocycles. The van der Waals surface area contributed by atoms with Gasteiger partial charge in [-0.3, -0.25) is 0 Å². The van der Waals surface area contributed by atoms with Crippen LogP contribution in [0.15, 0.2) is 0 Å². The minimum Gasteiger partial charge on any atom is -0.479 e. The summed E-state index contributed by atoms with van der Waals surface area (Å²) in [7, 11) is 0. The first-order valence-electron chi connectivity index (χ1n) is 6.68. The smallest absolute Gasteiger partial charge is 0.338 e. The van der Waals surface area contributed by atoms with Gasteiger partial charge >= 0.3 is 5.97 Å². The molecule has 0 spiro atoms. The molecule has 1 aliphatic heterocycles. The number of ether oxygens (including phenoxy) is 2. The van der Waals surface area contributed by atoms with E-state index >= 15 is 0 Å². The molecule has 98 valence electrons. The molecule has 4 heteroatoms. The normalized spacial score (nSPS) is 29.2. The molecule has 0 bridgehead atoms. The second-order valence-corrected chi connectivity index (χ2v) is 5.24. The van der Waals surface area contributed by atoms with Crippen LogP contribution in [0.2, 0.25) is 0 Å². The van der Waals surface area contributed by atoms with E-state index < -0.39 is 11.6 Å². The van der Waals surface area contributed by atoms with Crippen LogP contribution in [-0.4, -0.2) is 36.5 Å². The molecule has 1 aliphatic carbocycles. The molecule has 1 atom stereocenters. The summed E-state index contributed by atoms with van der Waals surface area (Å²) in [5.41, 5.74) is -0.912. The van der Waals surface area contributed by atoms with E-state index in [4.69, 9.17) is 14.6 Å². The third-order valence-electron chi connectivity index (χ3n) is 3.93. The molecule has 1 N–H and O–H groups in total. The Hall–Kier alpha value is -0.610. The number of carbonyl (C=O) groups is 1. The predicted octanol–water partition coefficient (Wildman–Crippen LogP) is 2.22. The SMILES string of the molecule is O=C(O)C1(CCOCCC2CCCCC2)CO1. The summed E-state index contributed by atoms with van der Waals surface area (Å²) in [6.45, 7) is 1.60. The number of rotatable bonds is 7. The van der Waals surface area contributed by atoms with Crippen LogP contribution in [0.3, 0.4) is 0 Å². The first-order chi connectivity index (χ1) is 8.23. The van der Waals surface area contributed by atoms with Crippen LogP contribution in [0.25, 0.3) is 0 Å². The van der Waals surface area contributed by atoms with Gasteiger partial charge in [0.25, 0.3) is 0 Å². The summed E-state index contributed by atoms with van der Waals surface area (Å²) in [6, 6.07) is 0. The third-order valence-corrected chi connectivity index (χ3v) is 3.93. The number of hydrogen-bond acceptors (Lipinski definition) is 3. The van der Waals surface area contributed by atoms with Gasteiger partial charge in [-0.1, -0.05) is 32.1 Å². The summed E-state index contributed by atoms with van der Waals surface area (Å²) < 4.78 is 10.5. The fourth-order valence-electron chi connectivity index (χ4n) is 2.53. The Morgan fingerprint density at radius 3 is 2.59 bits per heavy atom. The van der Waals surface area contributed by atoms with Gasteiger partial charge in [0.15, 0.2) is 5.60 Å². The Morgan fingerprint density at radius 2 is 2.00 bits per heavy atom.